The highest BCUT2D eigenvalue weighted by atomic mass is 19.1. The maximum absolute atomic E-state index is 14.9. The Balaban J connectivity index is 1.63. The molecular formula is C30H42FN3O5. The lowest BCUT2D eigenvalue weighted by Gasteiger charge is -2.31. The predicted molar refractivity (Wildman–Crippen MR) is 145 cm³/mol. The molecular weight excluding hydrogens is 501 g/mol. The fraction of sp³-hybridized carbons (Fsp3) is 0.633. The SMILES string of the molecule is CC1(C)C/C=C/COCC2(CCN(C(=O)OC(C)(C)C)C2)C(=O)N[C@H]2CN(C[C@@H]2c2ccccc2F)C(=O)C1. The van der Waals surface area contributed by atoms with Crippen molar-refractivity contribution in [3.63, 3.8) is 0 Å². The minimum atomic E-state index is -0.985. The number of allylic oxidation sites excluding steroid dienone is 1. The van der Waals surface area contributed by atoms with Gasteiger partial charge in [-0.2, -0.15) is 0 Å². The highest BCUT2D eigenvalue weighted by Crippen LogP contribution is 2.36. The molecule has 1 aromatic carbocycles. The molecule has 3 atom stereocenters. The van der Waals surface area contributed by atoms with Gasteiger partial charge in [0.1, 0.15) is 11.4 Å². The van der Waals surface area contributed by atoms with E-state index in [9.17, 15) is 18.8 Å². The van der Waals surface area contributed by atoms with Crippen LogP contribution in [0.15, 0.2) is 36.4 Å². The number of nitrogens with zero attached hydrogens (tertiary/aromatic N) is 2. The molecule has 1 N–H and O–H groups in total. The molecule has 1 spiro atoms. The van der Waals surface area contributed by atoms with Crippen molar-refractivity contribution in [1.29, 1.82) is 0 Å². The van der Waals surface area contributed by atoms with Crippen LogP contribution in [0.4, 0.5) is 9.18 Å². The van der Waals surface area contributed by atoms with Gasteiger partial charge in [-0.1, -0.05) is 44.2 Å². The van der Waals surface area contributed by atoms with Gasteiger partial charge in [0.05, 0.1) is 24.7 Å². The van der Waals surface area contributed by atoms with Gasteiger partial charge in [-0.25, -0.2) is 9.18 Å². The second kappa shape index (κ2) is 11.3. The molecule has 214 valence electrons. The number of hydrogen-bond acceptors (Lipinski definition) is 5. The zero-order chi connectivity index (χ0) is 28.4. The van der Waals surface area contributed by atoms with Crippen LogP contribution >= 0.6 is 0 Å². The number of hydrogen-bond donors (Lipinski definition) is 1. The van der Waals surface area contributed by atoms with Gasteiger partial charge < -0.3 is 24.6 Å². The number of nitrogens with one attached hydrogen (secondary N) is 1. The number of carbonyl (C=O) groups is 3. The summed E-state index contributed by atoms with van der Waals surface area (Å²) in [5, 5.41) is 3.16. The highest BCUT2D eigenvalue weighted by molar-refractivity contribution is 5.85. The van der Waals surface area contributed by atoms with Gasteiger partial charge in [-0.3, -0.25) is 9.59 Å². The molecule has 39 heavy (non-hydrogen) atoms. The topological polar surface area (TPSA) is 88.2 Å². The molecule has 3 aliphatic heterocycles. The van der Waals surface area contributed by atoms with E-state index >= 15 is 0 Å². The molecule has 9 heteroatoms. The number of ether oxygens (including phenoxy) is 2. The van der Waals surface area contributed by atoms with E-state index in [1.165, 1.54) is 6.07 Å². The van der Waals surface area contributed by atoms with Crippen LogP contribution in [0.5, 0.6) is 0 Å². The lowest BCUT2D eigenvalue weighted by molar-refractivity contribution is -0.135. The Morgan fingerprint density at radius 3 is 2.62 bits per heavy atom. The Hall–Kier alpha value is -2.94. The number of benzene rings is 1. The molecule has 1 aromatic rings. The first-order chi connectivity index (χ1) is 18.3. The number of carbonyl (C=O) groups excluding carboxylic acids is 3. The first-order valence-corrected chi connectivity index (χ1v) is 13.8. The monoisotopic (exact) mass is 543 g/mol. The Bertz CT molecular complexity index is 1110. The summed E-state index contributed by atoms with van der Waals surface area (Å²) in [6.45, 7) is 11.1. The van der Waals surface area contributed by atoms with Crippen LogP contribution in [0.2, 0.25) is 0 Å². The largest absolute Gasteiger partial charge is 0.444 e. The van der Waals surface area contributed by atoms with Crippen LogP contribution in [-0.4, -0.2) is 78.7 Å². The van der Waals surface area contributed by atoms with Crippen molar-refractivity contribution < 1.29 is 28.2 Å². The van der Waals surface area contributed by atoms with Gasteiger partial charge in [0.25, 0.3) is 0 Å². The zero-order valence-corrected chi connectivity index (χ0v) is 23.8. The third-order valence-electron chi connectivity index (χ3n) is 7.84. The lowest BCUT2D eigenvalue weighted by atomic mass is 9.85. The molecule has 8 nitrogen and oxygen atoms in total. The molecule has 3 heterocycles. The minimum Gasteiger partial charge on any atom is -0.444 e. The van der Waals surface area contributed by atoms with Crippen LogP contribution in [0.3, 0.4) is 0 Å². The quantitative estimate of drug-likeness (QED) is 0.535. The molecule has 4 rings (SSSR count). The van der Waals surface area contributed by atoms with E-state index in [1.807, 2.05) is 12.2 Å². The molecule has 2 bridgehead atoms. The molecule has 0 aliphatic carbocycles. The third kappa shape index (κ3) is 6.99. The van der Waals surface area contributed by atoms with E-state index in [-0.39, 0.29) is 36.2 Å². The second-order valence-electron chi connectivity index (χ2n) is 13.0. The Morgan fingerprint density at radius 1 is 1.15 bits per heavy atom. The average Bonchev–Trinajstić information content (AvgIpc) is 3.45. The van der Waals surface area contributed by atoms with Crippen molar-refractivity contribution in [3.05, 3.63) is 47.8 Å². The van der Waals surface area contributed by atoms with Gasteiger partial charge in [-0.05, 0) is 50.7 Å². The summed E-state index contributed by atoms with van der Waals surface area (Å²) < 4.78 is 26.5. The number of amides is 3. The maximum atomic E-state index is 14.9. The minimum absolute atomic E-state index is 0.00992. The van der Waals surface area contributed by atoms with Crippen LogP contribution in [-0.2, 0) is 19.1 Å². The molecule has 3 aliphatic rings. The zero-order valence-electron chi connectivity index (χ0n) is 23.8. The number of rotatable bonds is 1. The van der Waals surface area contributed by atoms with Crippen molar-refractivity contribution >= 4 is 17.9 Å². The summed E-state index contributed by atoms with van der Waals surface area (Å²) in [4.78, 5) is 43.5. The summed E-state index contributed by atoms with van der Waals surface area (Å²) in [7, 11) is 0. The standard InChI is InChI=1S/C30H42FN3O5/c1-28(2,3)39-27(37)33-14-13-30(19-33)20-38-15-9-8-12-29(4,5)16-25(35)34-17-22(24(18-34)32-26(30)36)21-10-6-7-11-23(21)31/h6-11,22,24H,12-20H2,1-5H3,(H,32,36)/b9-8+/t22-,24+,30?/m1/s1. The van der Waals surface area contributed by atoms with Crippen molar-refractivity contribution in [1.82, 2.24) is 15.1 Å². The van der Waals surface area contributed by atoms with Gasteiger partial charge in [0.2, 0.25) is 11.8 Å². The van der Waals surface area contributed by atoms with Crippen LogP contribution in [0.25, 0.3) is 0 Å². The maximum Gasteiger partial charge on any atom is 0.410 e. The molecule has 2 fully saturated rings. The van der Waals surface area contributed by atoms with E-state index in [4.69, 9.17) is 9.47 Å². The van der Waals surface area contributed by atoms with Crippen LogP contribution in [0.1, 0.15) is 65.4 Å². The molecule has 3 amide bonds. The fourth-order valence-electron chi connectivity index (χ4n) is 5.68. The first-order valence-electron chi connectivity index (χ1n) is 13.8. The van der Waals surface area contributed by atoms with Crippen molar-refractivity contribution in [2.75, 3.05) is 39.4 Å². The summed E-state index contributed by atoms with van der Waals surface area (Å²) in [6.07, 6.45) is 4.92. The predicted octanol–water partition coefficient (Wildman–Crippen LogP) is 4.26. The number of fused-ring (bicyclic) bond motifs is 2. The smallest absolute Gasteiger partial charge is 0.410 e. The number of likely N-dealkylation sites (tertiary alicyclic amines) is 1. The molecule has 1 unspecified atom stereocenters. The Labute approximate surface area is 230 Å². The normalized spacial score (nSPS) is 29.1. The van der Waals surface area contributed by atoms with E-state index < -0.39 is 29.1 Å². The van der Waals surface area contributed by atoms with Crippen molar-refractivity contribution in [2.24, 2.45) is 10.8 Å². The molecule has 0 saturated carbocycles. The third-order valence-corrected chi connectivity index (χ3v) is 7.84. The number of halogens is 1. The second-order valence-corrected chi connectivity index (χ2v) is 13.0. The molecule has 2 saturated heterocycles. The lowest BCUT2D eigenvalue weighted by Crippen LogP contribution is -2.52. The van der Waals surface area contributed by atoms with E-state index in [0.29, 0.717) is 51.1 Å². The van der Waals surface area contributed by atoms with Crippen LogP contribution < -0.4 is 5.32 Å². The van der Waals surface area contributed by atoms with Crippen molar-refractivity contribution in [3.8, 4) is 0 Å². The van der Waals surface area contributed by atoms with Gasteiger partial charge in [-0.15, -0.1) is 0 Å². The van der Waals surface area contributed by atoms with Crippen LogP contribution in [0, 0.1) is 16.6 Å². The van der Waals surface area contributed by atoms with Gasteiger partial charge >= 0.3 is 6.09 Å². The summed E-state index contributed by atoms with van der Waals surface area (Å²) in [5.74, 6) is -1.01. The van der Waals surface area contributed by atoms with Gasteiger partial charge in [0.15, 0.2) is 0 Å². The Morgan fingerprint density at radius 2 is 1.90 bits per heavy atom. The Kier molecular flexibility index (Phi) is 8.40. The fourth-order valence-corrected chi connectivity index (χ4v) is 5.68. The average molecular weight is 544 g/mol. The molecule has 0 aromatic heterocycles. The van der Waals surface area contributed by atoms with Gasteiger partial charge in [0, 0.05) is 38.5 Å². The van der Waals surface area contributed by atoms with E-state index in [0.717, 1.165) is 0 Å². The highest BCUT2D eigenvalue weighted by Gasteiger charge is 2.49. The van der Waals surface area contributed by atoms with E-state index in [1.54, 1.807) is 48.8 Å². The summed E-state index contributed by atoms with van der Waals surface area (Å²) in [6, 6.07) is 6.06. The van der Waals surface area contributed by atoms with Crippen molar-refractivity contribution in [2.45, 2.75) is 71.4 Å². The molecule has 0 radical (unpaired) electrons. The first kappa shape index (κ1) is 29.1. The summed E-state index contributed by atoms with van der Waals surface area (Å²) >= 11 is 0. The van der Waals surface area contributed by atoms with E-state index in [2.05, 4.69) is 19.2 Å². The summed E-state index contributed by atoms with van der Waals surface area (Å²) in [5.41, 5.74) is -1.42.